The third-order valence-electron chi connectivity index (χ3n) is 4.70. The first kappa shape index (κ1) is 12.9. The van der Waals surface area contributed by atoms with Gasteiger partial charge in [-0.3, -0.25) is 0 Å². The van der Waals surface area contributed by atoms with Crippen molar-refractivity contribution >= 4 is 11.6 Å². The summed E-state index contributed by atoms with van der Waals surface area (Å²) in [5.41, 5.74) is 0.601. The number of nitrogens with zero attached hydrogens (tertiary/aromatic N) is 3. The first-order valence-electron chi connectivity index (χ1n) is 6.35. The molecule has 0 aliphatic heterocycles. The van der Waals surface area contributed by atoms with Crippen LogP contribution in [0.2, 0.25) is 0 Å². The van der Waals surface area contributed by atoms with Gasteiger partial charge >= 0.3 is 0 Å². The van der Waals surface area contributed by atoms with E-state index in [1.165, 1.54) is 0 Å². The van der Waals surface area contributed by atoms with Crippen LogP contribution in [0.1, 0.15) is 58.6 Å². The second-order valence-corrected chi connectivity index (χ2v) is 6.40. The SMILES string of the molecule is CCCn1c(CCl)nnc1C1C(C)(C)C1(C)C. The maximum atomic E-state index is 5.93. The van der Waals surface area contributed by atoms with Crippen LogP contribution in [0.15, 0.2) is 0 Å². The molecule has 17 heavy (non-hydrogen) atoms. The van der Waals surface area contributed by atoms with E-state index in [1.807, 2.05) is 0 Å². The Morgan fingerprint density at radius 3 is 2.18 bits per heavy atom. The van der Waals surface area contributed by atoms with Gasteiger partial charge in [0.1, 0.15) is 11.6 Å². The standard InChI is InChI=1S/C13H22ClN3/c1-6-7-17-9(8-14)15-16-11(17)10-12(2,3)13(10,4)5/h10H,6-8H2,1-5H3. The molecule has 96 valence electrons. The first-order chi connectivity index (χ1) is 7.87. The highest BCUT2D eigenvalue weighted by molar-refractivity contribution is 6.16. The van der Waals surface area contributed by atoms with Gasteiger partial charge in [-0.25, -0.2) is 0 Å². The second-order valence-electron chi connectivity index (χ2n) is 6.14. The van der Waals surface area contributed by atoms with Crippen molar-refractivity contribution in [3.8, 4) is 0 Å². The van der Waals surface area contributed by atoms with Crippen LogP contribution in [0.25, 0.3) is 0 Å². The highest BCUT2D eigenvalue weighted by Gasteiger charge is 2.67. The molecule has 0 radical (unpaired) electrons. The molecule has 0 bridgehead atoms. The highest BCUT2D eigenvalue weighted by atomic mass is 35.5. The van der Waals surface area contributed by atoms with Crippen molar-refractivity contribution in [2.75, 3.05) is 0 Å². The molecule has 1 aromatic heterocycles. The van der Waals surface area contributed by atoms with Gasteiger partial charge in [-0.2, -0.15) is 0 Å². The Balaban J connectivity index is 2.38. The summed E-state index contributed by atoms with van der Waals surface area (Å²) in [4.78, 5) is 0. The molecule has 1 aliphatic carbocycles. The number of aromatic nitrogens is 3. The molecule has 1 aromatic rings. The third kappa shape index (κ3) is 1.70. The van der Waals surface area contributed by atoms with Crippen LogP contribution in [0.3, 0.4) is 0 Å². The van der Waals surface area contributed by atoms with E-state index in [2.05, 4.69) is 49.4 Å². The molecule has 0 atom stereocenters. The summed E-state index contributed by atoms with van der Waals surface area (Å²) < 4.78 is 2.22. The number of hydrogen-bond donors (Lipinski definition) is 0. The summed E-state index contributed by atoms with van der Waals surface area (Å²) >= 11 is 5.93. The van der Waals surface area contributed by atoms with E-state index in [9.17, 15) is 0 Å². The Hall–Kier alpha value is -0.570. The Morgan fingerprint density at radius 1 is 1.18 bits per heavy atom. The van der Waals surface area contributed by atoms with Crippen molar-refractivity contribution in [1.82, 2.24) is 14.8 Å². The van der Waals surface area contributed by atoms with E-state index in [-0.39, 0.29) is 0 Å². The maximum absolute atomic E-state index is 5.93. The average Bonchev–Trinajstić information content (AvgIpc) is 2.58. The molecule has 0 amide bonds. The summed E-state index contributed by atoms with van der Waals surface area (Å²) in [6.07, 6.45) is 1.09. The highest BCUT2D eigenvalue weighted by Crippen LogP contribution is 2.73. The van der Waals surface area contributed by atoms with Crippen molar-refractivity contribution in [1.29, 1.82) is 0 Å². The van der Waals surface area contributed by atoms with E-state index in [0.717, 1.165) is 24.6 Å². The fourth-order valence-electron chi connectivity index (χ4n) is 2.97. The molecule has 0 saturated heterocycles. The zero-order chi connectivity index (χ0) is 12.8. The second kappa shape index (κ2) is 3.98. The van der Waals surface area contributed by atoms with Crippen LogP contribution in [-0.2, 0) is 12.4 Å². The molecule has 1 saturated carbocycles. The van der Waals surface area contributed by atoms with Crippen molar-refractivity contribution < 1.29 is 0 Å². The lowest BCUT2D eigenvalue weighted by atomic mass is 10.0. The maximum Gasteiger partial charge on any atom is 0.147 e. The molecule has 2 rings (SSSR count). The summed E-state index contributed by atoms with van der Waals surface area (Å²) in [6.45, 7) is 12.4. The Bertz CT molecular complexity index is 406. The Morgan fingerprint density at radius 2 is 1.76 bits per heavy atom. The molecule has 3 nitrogen and oxygen atoms in total. The van der Waals surface area contributed by atoms with Gasteiger partial charge in [-0.05, 0) is 17.3 Å². The third-order valence-corrected chi connectivity index (χ3v) is 4.94. The minimum atomic E-state index is 0.301. The van der Waals surface area contributed by atoms with Gasteiger partial charge in [-0.1, -0.05) is 34.6 Å². The topological polar surface area (TPSA) is 30.7 Å². The molecule has 0 unspecified atom stereocenters. The van der Waals surface area contributed by atoms with Crippen LogP contribution in [0, 0.1) is 10.8 Å². The monoisotopic (exact) mass is 255 g/mol. The van der Waals surface area contributed by atoms with Crippen molar-refractivity contribution in [3.05, 3.63) is 11.6 Å². The van der Waals surface area contributed by atoms with E-state index >= 15 is 0 Å². The van der Waals surface area contributed by atoms with Crippen molar-refractivity contribution in [3.63, 3.8) is 0 Å². The van der Waals surface area contributed by atoms with E-state index < -0.39 is 0 Å². The quantitative estimate of drug-likeness (QED) is 0.770. The van der Waals surface area contributed by atoms with Crippen LogP contribution < -0.4 is 0 Å². The minimum absolute atomic E-state index is 0.301. The minimum Gasteiger partial charge on any atom is -0.314 e. The van der Waals surface area contributed by atoms with Crippen molar-refractivity contribution in [2.45, 2.75) is 59.4 Å². The van der Waals surface area contributed by atoms with Gasteiger partial charge in [0.2, 0.25) is 0 Å². The number of hydrogen-bond acceptors (Lipinski definition) is 2. The summed E-state index contributed by atoms with van der Waals surface area (Å²) in [7, 11) is 0. The molecule has 0 aromatic carbocycles. The van der Waals surface area contributed by atoms with Crippen LogP contribution in [0.5, 0.6) is 0 Å². The van der Waals surface area contributed by atoms with E-state index in [0.29, 0.717) is 22.6 Å². The molecule has 0 spiro atoms. The van der Waals surface area contributed by atoms with E-state index in [1.54, 1.807) is 0 Å². The first-order valence-corrected chi connectivity index (χ1v) is 6.89. The number of rotatable bonds is 4. The van der Waals surface area contributed by atoms with E-state index in [4.69, 9.17) is 11.6 Å². The Kier molecular flexibility index (Phi) is 3.01. The van der Waals surface area contributed by atoms with Gasteiger partial charge in [0.25, 0.3) is 0 Å². The van der Waals surface area contributed by atoms with Crippen LogP contribution >= 0.6 is 11.6 Å². The zero-order valence-electron chi connectivity index (χ0n) is 11.4. The molecular formula is C13H22ClN3. The molecule has 4 heteroatoms. The number of alkyl halides is 1. The summed E-state index contributed by atoms with van der Waals surface area (Å²) in [5, 5.41) is 8.61. The van der Waals surface area contributed by atoms with Gasteiger partial charge in [0.15, 0.2) is 0 Å². The van der Waals surface area contributed by atoms with Gasteiger partial charge in [0.05, 0.1) is 5.88 Å². The molecule has 1 fully saturated rings. The lowest BCUT2D eigenvalue weighted by Gasteiger charge is -2.08. The molecule has 0 N–H and O–H groups in total. The number of halogens is 1. The van der Waals surface area contributed by atoms with Crippen LogP contribution in [0.4, 0.5) is 0 Å². The summed E-state index contributed by atoms with van der Waals surface area (Å²) in [5.74, 6) is 2.96. The largest absolute Gasteiger partial charge is 0.314 e. The van der Waals surface area contributed by atoms with Crippen LogP contribution in [-0.4, -0.2) is 14.8 Å². The lowest BCUT2D eigenvalue weighted by molar-refractivity contribution is 0.457. The lowest BCUT2D eigenvalue weighted by Crippen LogP contribution is -2.07. The fraction of sp³-hybridized carbons (Fsp3) is 0.846. The zero-order valence-corrected chi connectivity index (χ0v) is 12.2. The fourth-order valence-corrected chi connectivity index (χ4v) is 3.17. The average molecular weight is 256 g/mol. The molecule has 1 aliphatic rings. The van der Waals surface area contributed by atoms with Gasteiger partial charge in [-0.15, -0.1) is 21.8 Å². The normalized spacial score (nSPS) is 21.8. The smallest absolute Gasteiger partial charge is 0.147 e. The van der Waals surface area contributed by atoms with Crippen molar-refractivity contribution in [2.24, 2.45) is 10.8 Å². The van der Waals surface area contributed by atoms with Gasteiger partial charge in [0, 0.05) is 12.5 Å². The molecular weight excluding hydrogens is 234 g/mol. The molecule has 1 heterocycles. The summed E-state index contributed by atoms with van der Waals surface area (Å²) in [6, 6.07) is 0. The van der Waals surface area contributed by atoms with Gasteiger partial charge < -0.3 is 4.57 Å². The predicted octanol–water partition coefficient (Wildman–Crippen LogP) is 3.58. The predicted molar refractivity (Wildman–Crippen MR) is 70.2 cm³/mol. The Labute approximate surface area is 109 Å².